The molecule has 1 aliphatic rings. The van der Waals surface area contributed by atoms with E-state index in [1.165, 1.54) is 14.2 Å². The number of hydrogen-bond donors (Lipinski definition) is 2. The number of amides is 1. The zero-order valence-electron chi connectivity index (χ0n) is 10.7. The summed E-state index contributed by atoms with van der Waals surface area (Å²) in [5, 5.41) is 3.00. The molecule has 1 amide bonds. The van der Waals surface area contributed by atoms with Crippen LogP contribution >= 0.6 is 46.3 Å². The highest BCUT2D eigenvalue weighted by Crippen LogP contribution is 2.26. The lowest BCUT2D eigenvalue weighted by Crippen LogP contribution is -2.32. The second-order valence-corrected chi connectivity index (χ2v) is 7.93. The Morgan fingerprint density at radius 2 is 2.26 bits per heavy atom. The minimum absolute atomic E-state index is 0. The number of nitrogens with two attached hydrogens (primary N) is 1. The van der Waals surface area contributed by atoms with Gasteiger partial charge in [-0.15, -0.1) is 23.7 Å². The number of nitrogens with one attached hydrogen (secondary N) is 1. The lowest BCUT2D eigenvalue weighted by molar-refractivity contribution is -0.122. The average molecular weight is 415 g/mol. The highest BCUT2D eigenvalue weighted by atomic mass is 127. The molecular weight excluding hydrogens is 395 g/mol. The molecule has 19 heavy (non-hydrogen) atoms. The maximum Gasteiger partial charge on any atom is 0.220 e. The van der Waals surface area contributed by atoms with Crippen molar-refractivity contribution >= 4 is 52.2 Å². The van der Waals surface area contributed by atoms with E-state index in [2.05, 4.69) is 40.0 Å². The van der Waals surface area contributed by atoms with Gasteiger partial charge in [-0.2, -0.15) is 0 Å². The summed E-state index contributed by atoms with van der Waals surface area (Å²) in [7, 11) is 0. The molecule has 1 heterocycles. The molecule has 0 saturated heterocycles. The fourth-order valence-corrected chi connectivity index (χ4v) is 4.20. The van der Waals surface area contributed by atoms with Gasteiger partial charge < -0.3 is 11.1 Å². The van der Waals surface area contributed by atoms with E-state index in [1.54, 1.807) is 11.3 Å². The number of carbonyl (C=O) groups is 1. The number of carbonyl (C=O) groups excluding carboxylic acids is 1. The molecule has 108 valence electrons. The van der Waals surface area contributed by atoms with Crippen molar-refractivity contribution in [2.45, 2.75) is 38.1 Å². The number of halogens is 2. The zero-order valence-corrected chi connectivity index (χ0v) is 14.5. The third kappa shape index (κ3) is 5.57. The van der Waals surface area contributed by atoms with Crippen LogP contribution in [0.2, 0.25) is 0 Å². The zero-order chi connectivity index (χ0) is 13.0. The van der Waals surface area contributed by atoms with Crippen LogP contribution in [0.4, 0.5) is 0 Å². The third-order valence-corrected chi connectivity index (χ3v) is 5.44. The summed E-state index contributed by atoms with van der Waals surface area (Å²) in [4.78, 5) is 13.1. The Balaban J connectivity index is 0.00000180. The van der Waals surface area contributed by atoms with Crippen molar-refractivity contribution in [3.05, 3.63) is 19.9 Å². The first-order valence-corrected chi connectivity index (χ1v) is 8.31. The van der Waals surface area contributed by atoms with E-state index in [9.17, 15) is 4.79 Å². The van der Waals surface area contributed by atoms with Gasteiger partial charge in [-0.3, -0.25) is 4.79 Å². The highest BCUT2D eigenvalue weighted by molar-refractivity contribution is 14.1. The molecule has 2 rings (SSSR count). The maximum absolute atomic E-state index is 11.8. The van der Waals surface area contributed by atoms with Gasteiger partial charge in [0, 0.05) is 23.9 Å². The molecule has 1 aromatic heterocycles. The summed E-state index contributed by atoms with van der Waals surface area (Å²) in [6.07, 6.45) is 4.88. The largest absolute Gasteiger partial charge is 0.356 e. The van der Waals surface area contributed by atoms with Crippen LogP contribution in [0.15, 0.2) is 12.1 Å². The van der Waals surface area contributed by atoms with Gasteiger partial charge in [-0.25, -0.2) is 0 Å². The molecule has 1 aromatic rings. The Labute approximate surface area is 138 Å². The van der Waals surface area contributed by atoms with Crippen molar-refractivity contribution in [3.63, 3.8) is 0 Å². The molecular formula is C13H20ClIN2OS. The fourth-order valence-electron chi connectivity index (χ4n) is 2.44. The van der Waals surface area contributed by atoms with Gasteiger partial charge in [0.05, 0.1) is 2.88 Å². The molecule has 1 saturated carbocycles. The molecule has 3 N–H and O–H groups in total. The van der Waals surface area contributed by atoms with Gasteiger partial charge in [0.25, 0.3) is 0 Å². The molecule has 0 spiro atoms. The van der Waals surface area contributed by atoms with Crippen LogP contribution in [0.3, 0.4) is 0 Å². The topological polar surface area (TPSA) is 55.1 Å². The molecule has 6 heteroatoms. The summed E-state index contributed by atoms with van der Waals surface area (Å²) in [6, 6.07) is 4.47. The van der Waals surface area contributed by atoms with E-state index in [1.807, 2.05) is 0 Å². The normalized spacial score (nSPS) is 22.0. The predicted molar refractivity (Wildman–Crippen MR) is 90.9 cm³/mol. The van der Waals surface area contributed by atoms with E-state index >= 15 is 0 Å². The summed E-state index contributed by atoms with van der Waals surface area (Å²) in [5.41, 5.74) is 5.97. The monoisotopic (exact) mass is 414 g/mol. The van der Waals surface area contributed by atoms with E-state index in [4.69, 9.17) is 5.73 Å². The Bertz CT molecular complexity index is 413. The minimum atomic E-state index is 0. The summed E-state index contributed by atoms with van der Waals surface area (Å²) < 4.78 is 1.30. The summed E-state index contributed by atoms with van der Waals surface area (Å²) >= 11 is 4.11. The lowest BCUT2D eigenvalue weighted by atomic mass is 10.00. The predicted octanol–water partition coefficient (Wildman–Crippen LogP) is 2.95. The Hall–Kier alpha value is 0.150. The van der Waals surface area contributed by atoms with Gasteiger partial charge >= 0.3 is 0 Å². The lowest BCUT2D eigenvalue weighted by Gasteiger charge is -2.14. The molecule has 0 bridgehead atoms. The van der Waals surface area contributed by atoms with E-state index < -0.39 is 0 Å². The van der Waals surface area contributed by atoms with Crippen molar-refractivity contribution < 1.29 is 4.79 Å². The number of hydrogen-bond acceptors (Lipinski definition) is 3. The van der Waals surface area contributed by atoms with Crippen LogP contribution < -0.4 is 11.1 Å². The van der Waals surface area contributed by atoms with Crippen molar-refractivity contribution in [3.8, 4) is 0 Å². The van der Waals surface area contributed by atoms with Gasteiger partial charge in [0.15, 0.2) is 0 Å². The first-order valence-electron chi connectivity index (χ1n) is 6.41. The Morgan fingerprint density at radius 3 is 2.84 bits per heavy atom. The first kappa shape index (κ1) is 17.2. The van der Waals surface area contributed by atoms with Crippen LogP contribution in [0, 0.1) is 8.80 Å². The molecule has 3 nitrogen and oxygen atoms in total. The van der Waals surface area contributed by atoms with Crippen LogP contribution in [-0.4, -0.2) is 18.5 Å². The van der Waals surface area contributed by atoms with Crippen molar-refractivity contribution in [2.24, 2.45) is 11.7 Å². The van der Waals surface area contributed by atoms with Gasteiger partial charge in [-0.1, -0.05) is 6.42 Å². The standard InChI is InChI=1S/C13H19IN2OS.ClH/c14-12-5-4-10(18-12)6-7-16-13(17)8-9-2-1-3-11(9)15;/h4-5,9,11H,1-3,6-8,15H2,(H,16,17);1H/t9-,11+;/m0./s1. The van der Waals surface area contributed by atoms with Crippen LogP contribution in [0.25, 0.3) is 0 Å². The Kier molecular flexibility index (Phi) is 7.64. The second kappa shape index (κ2) is 8.44. The van der Waals surface area contributed by atoms with Crippen LogP contribution in [-0.2, 0) is 11.2 Å². The minimum Gasteiger partial charge on any atom is -0.356 e. The molecule has 1 aliphatic carbocycles. The van der Waals surface area contributed by atoms with E-state index in [-0.39, 0.29) is 24.4 Å². The van der Waals surface area contributed by atoms with Gasteiger partial charge in [0.2, 0.25) is 5.91 Å². The van der Waals surface area contributed by atoms with E-state index in [0.717, 1.165) is 25.8 Å². The van der Waals surface area contributed by atoms with Crippen LogP contribution in [0.1, 0.15) is 30.6 Å². The molecule has 0 radical (unpaired) electrons. The smallest absolute Gasteiger partial charge is 0.220 e. The first-order chi connectivity index (χ1) is 8.65. The number of thiophene rings is 1. The fraction of sp³-hybridized carbons (Fsp3) is 0.615. The average Bonchev–Trinajstić information content (AvgIpc) is 2.89. The van der Waals surface area contributed by atoms with Crippen LogP contribution in [0.5, 0.6) is 0 Å². The molecule has 0 unspecified atom stereocenters. The quantitative estimate of drug-likeness (QED) is 0.728. The molecule has 1 fully saturated rings. The Morgan fingerprint density at radius 1 is 1.47 bits per heavy atom. The highest BCUT2D eigenvalue weighted by Gasteiger charge is 2.25. The van der Waals surface area contributed by atoms with E-state index in [0.29, 0.717) is 12.3 Å². The SMILES string of the molecule is Cl.N[C@@H]1CCC[C@H]1CC(=O)NCCc1ccc(I)s1. The summed E-state index contributed by atoms with van der Waals surface area (Å²) in [6.45, 7) is 0.734. The van der Waals surface area contributed by atoms with Crippen molar-refractivity contribution in [1.29, 1.82) is 0 Å². The summed E-state index contributed by atoms with van der Waals surface area (Å²) in [5.74, 6) is 0.552. The van der Waals surface area contributed by atoms with Gasteiger partial charge in [0.1, 0.15) is 0 Å². The van der Waals surface area contributed by atoms with Crippen molar-refractivity contribution in [2.75, 3.05) is 6.54 Å². The maximum atomic E-state index is 11.8. The third-order valence-electron chi connectivity index (χ3n) is 3.49. The molecule has 0 aromatic carbocycles. The van der Waals surface area contributed by atoms with Gasteiger partial charge in [-0.05, 0) is 59.9 Å². The number of rotatable bonds is 5. The van der Waals surface area contributed by atoms with Crippen molar-refractivity contribution in [1.82, 2.24) is 5.32 Å². The second-order valence-electron chi connectivity index (χ2n) is 4.86. The molecule has 0 aliphatic heterocycles. The molecule has 2 atom stereocenters.